The molecule has 0 radical (unpaired) electrons. The topological polar surface area (TPSA) is 51.4 Å². The summed E-state index contributed by atoms with van der Waals surface area (Å²) in [5, 5.41) is 0.975. The first kappa shape index (κ1) is 13.8. The van der Waals surface area contributed by atoms with E-state index in [0.717, 1.165) is 33.6 Å². The highest BCUT2D eigenvalue weighted by atomic mass is 32.1. The molecule has 1 heterocycles. The van der Waals surface area contributed by atoms with Crippen molar-refractivity contribution < 1.29 is 4.74 Å². The minimum atomic E-state index is 0.553. The summed E-state index contributed by atoms with van der Waals surface area (Å²) in [4.78, 5) is 7.89. The largest absolute Gasteiger partial charge is 0.497 e. The van der Waals surface area contributed by atoms with E-state index < -0.39 is 0 Å². The normalized spacial score (nSPS) is 10.5. The van der Waals surface area contributed by atoms with Crippen LogP contribution in [0, 0.1) is 0 Å². The lowest BCUT2D eigenvalue weighted by Crippen LogP contribution is -2.08. The summed E-state index contributed by atoms with van der Waals surface area (Å²) in [7, 11) is 3.68. The molecule has 0 amide bonds. The van der Waals surface area contributed by atoms with Gasteiger partial charge in [0, 0.05) is 24.2 Å². The van der Waals surface area contributed by atoms with E-state index in [1.807, 2.05) is 31.3 Å². The third kappa shape index (κ3) is 2.88. The van der Waals surface area contributed by atoms with Crippen molar-refractivity contribution in [2.24, 2.45) is 5.73 Å². The van der Waals surface area contributed by atoms with Crippen LogP contribution in [-0.2, 0) is 13.0 Å². The van der Waals surface area contributed by atoms with Crippen LogP contribution < -0.4 is 15.4 Å². The van der Waals surface area contributed by atoms with Crippen molar-refractivity contribution in [3.05, 3.63) is 34.8 Å². The summed E-state index contributed by atoms with van der Waals surface area (Å²) in [5.41, 5.74) is 7.94. The Morgan fingerprint density at radius 1 is 1.32 bits per heavy atom. The van der Waals surface area contributed by atoms with Crippen LogP contribution >= 0.6 is 11.3 Å². The summed E-state index contributed by atoms with van der Waals surface area (Å²) in [6.07, 6.45) is 0.916. The van der Waals surface area contributed by atoms with Crippen LogP contribution in [0.15, 0.2) is 24.3 Å². The second-order valence-electron chi connectivity index (χ2n) is 4.18. The lowest BCUT2D eigenvalue weighted by atomic mass is 10.3. The molecule has 2 aromatic rings. The molecule has 4 nitrogen and oxygen atoms in total. The van der Waals surface area contributed by atoms with Crippen LogP contribution in [0.2, 0.25) is 0 Å². The third-order valence-corrected chi connectivity index (χ3v) is 4.23. The average Bonchev–Trinajstić information content (AvgIpc) is 2.89. The minimum absolute atomic E-state index is 0.553. The summed E-state index contributed by atoms with van der Waals surface area (Å²) in [6, 6.07) is 7.94. The molecule has 1 aromatic heterocycles. The number of rotatable bonds is 5. The van der Waals surface area contributed by atoms with E-state index in [1.165, 1.54) is 0 Å². The van der Waals surface area contributed by atoms with Crippen LogP contribution in [0.25, 0.3) is 0 Å². The number of methoxy groups -OCH3 is 1. The third-order valence-electron chi connectivity index (χ3n) is 3.03. The molecule has 2 N–H and O–H groups in total. The van der Waals surface area contributed by atoms with E-state index in [4.69, 9.17) is 10.5 Å². The highest BCUT2D eigenvalue weighted by molar-refractivity contribution is 7.15. The van der Waals surface area contributed by atoms with E-state index in [1.54, 1.807) is 18.4 Å². The highest BCUT2D eigenvalue weighted by Crippen LogP contribution is 2.31. The Balaban J connectivity index is 2.26. The average molecular weight is 277 g/mol. The van der Waals surface area contributed by atoms with Gasteiger partial charge in [-0.15, -0.1) is 0 Å². The molecular formula is C14H19N3OS. The zero-order valence-corrected chi connectivity index (χ0v) is 12.3. The van der Waals surface area contributed by atoms with E-state index in [-0.39, 0.29) is 0 Å². The van der Waals surface area contributed by atoms with E-state index in [0.29, 0.717) is 6.54 Å². The molecule has 0 atom stereocenters. The molecule has 2 rings (SSSR count). The number of benzene rings is 1. The monoisotopic (exact) mass is 277 g/mol. The van der Waals surface area contributed by atoms with Gasteiger partial charge in [0.25, 0.3) is 0 Å². The first-order chi connectivity index (χ1) is 9.19. The Hall–Kier alpha value is -1.59. The van der Waals surface area contributed by atoms with Crippen LogP contribution in [0.3, 0.4) is 0 Å². The molecule has 0 aliphatic rings. The number of nitrogens with zero attached hydrogens (tertiary/aromatic N) is 2. The molecule has 0 bridgehead atoms. The quantitative estimate of drug-likeness (QED) is 0.913. The zero-order valence-electron chi connectivity index (χ0n) is 11.5. The standard InChI is InChI=1S/C14H19N3OS/c1-4-12-13(9-15)19-14(16-12)17(2)10-5-7-11(18-3)8-6-10/h5-8H,4,9,15H2,1-3H3. The second-order valence-corrected chi connectivity index (χ2v) is 5.24. The van der Waals surface area contributed by atoms with Crippen molar-refractivity contribution in [1.82, 2.24) is 4.98 Å². The number of ether oxygens (including phenoxy) is 1. The number of thiazole rings is 1. The smallest absolute Gasteiger partial charge is 0.190 e. The summed E-state index contributed by atoms with van der Waals surface area (Å²) >= 11 is 1.66. The fourth-order valence-corrected chi connectivity index (χ4v) is 2.87. The molecule has 0 saturated carbocycles. The molecule has 0 saturated heterocycles. The van der Waals surface area contributed by atoms with Crippen LogP contribution in [0.5, 0.6) is 5.75 Å². The number of hydrogen-bond donors (Lipinski definition) is 1. The first-order valence-corrected chi connectivity index (χ1v) is 7.07. The Labute approximate surface area is 117 Å². The molecule has 0 fully saturated rings. The fraction of sp³-hybridized carbons (Fsp3) is 0.357. The van der Waals surface area contributed by atoms with Crippen molar-refractivity contribution in [1.29, 1.82) is 0 Å². The maximum absolute atomic E-state index is 5.75. The molecule has 0 aliphatic heterocycles. The van der Waals surface area contributed by atoms with Gasteiger partial charge in [0.15, 0.2) is 5.13 Å². The Kier molecular flexibility index (Phi) is 4.39. The molecule has 1 aromatic carbocycles. The van der Waals surface area contributed by atoms with E-state index in [2.05, 4.69) is 16.8 Å². The molecule has 0 unspecified atom stereocenters. The molecule has 102 valence electrons. The van der Waals surface area contributed by atoms with Gasteiger partial charge in [-0.2, -0.15) is 0 Å². The fourth-order valence-electron chi connectivity index (χ4n) is 1.87. The van der Waals surface area contributed by atoms with Gasteiger partial charge >= 0.3 is 0 Å². The molecule has 0 aliphatic carbocycles. The molecule has 5 heteroatoms. The number of hydrogen-bond acceptors (Lipinski definition) is 5. The van der Waals surface area contributed by atoms with Gasteiger partial charge in [0.2, 0.25) is 0 Å². The van der Waals surface area contributed by atoms with Crippen LogP contribution in [0.1, 0.15) is 17.5 Å². The van der Waals surface area contributed by atoms with E-state index in [9.17, 15) is 0 Å². The van der Waals surface area contributed by atoms with Gasteiger partial charge < -0.3 is 15.4 Å². The molecule has 0 spiro atoms. The summed E-state index contributed by atoms with van der Waals surface area (Å²) in [6.45, 7) is 2.66. The first-order valence-electron chi connectivity index (χ1n) is 6.26. The van der Waals surface area contributed by atoms with Crippen molar-refractivity contribution in [2.45, 2.75) is 19.9 Å². The van der Waals surface area contributed by atoms with Crippen molar-refractivity contribution >= 4 is 22.2 Å². The van der Waals surface area contributed by atoms with Gasteiger partial charge in [-0.05, 0) is 30.7 Å². The van der Waals surface area contributed by atoms with Crippen molar-refractivity contribution in [3.8, 4) is 5.75 Å². The predicted octanol–water partition coefficient (Wildman–Crippen LogP) is 2.94. The number of anilines is 2. The van der Waals surface area contributed by atoms with Gasteiger partial charge in [-0.3, -0.25) is 0 Å². The molecular weight excluding hydrogens is 258 g/mol. The number of nitrogens with two attached hydrogens (primary N) is 1. The van der Waals surface area contributed by atoms with Crippen LogP contribution in [0.4, 0.5) is 10.8 Å². The Morgan fingerprint density at radius 3 is 2.47 bits per heavy atom. The number of aryl methyl sites for hydroxylation is 1. The predicted molar refractivity (Wildman–Crippen MR) is 80.4 cm³/mol. The van der Waals surface area contributed by atoms with Gasteiger partial charge in [0.1, 0.15) is 5.75 Å². The maximum atomic E-state index is 5.75. The minimum Gasteiger partial charge on any atom is -0.497 e. The summed E-state index contributed by atoms with van der Waals surface area (Å²) in [5.74, 6) is 0.855. The lowest BCUT2D eigenvalue weighted by molar-refractivity contribution is 0.415. The SMILES string of the molecule is CCc1nc(N(C)c2ccc(OC)cc2)sc1CN. The highest BCUT2D eigenvalue weighted by Gasteiger charge is 2.13. The van der Waals surface area contributed by atoms with Crippen molar-refractivity contribution in [3.63, 3.8) is 0 Å². The van der Waals surface area contributed by atoms with Gasteiger partial charge in [0.05, 0.1) is 12.8 Å². The van der Waals surface area contributed by atoms with Crippen LogP contribution in [-0.4, -0.2) is 19.1 Å². The second kappa shape index (κ2) is 6.04. The Morgan fingerprint density at radius 2 is 2.00 bits per heavy atom. The van der Waals surface area contributed by atoms with Crippen molar-refractivity contribution in [2.75, 3.05) is 19.1 Å². The van der Waals surface area contributed by atoms with Gasteiger partial charge in [-0.1, -0.05) is 18.3 Å². The Bertz CT molecular complexity index is 515. The number of aromatic nitrogens is 1. The summed E-state index contributed by atoms with van der Waals surface area (Å²) < 4.78 is 5.16. The zero-order chi connectivity index (χ0) is 13.8. The molecule has 19 heavy (non-hydrogen) atoms. The van der Waals surface area contributed by atoms with E-state index >= 15 is 0 Å². The lowest BCUT2D eigenvalue weighted by Gasteiger charge is -2.16. The van der Waals surface area contributed by atoms with Gasteiger partial charge in [-0.25, -0.2) is 4.98 Å². The maximum Gasteiger partial charge on any atom is 0.190 e.